The first-order valence-corrected chi connectivity index (χ1v) is 9.60. The number of hydrogen-bond donors (Lipinski definition) is 1. The van der Waals surface area contributed by atoms with Crippen molar-refractivity contribution in [3.63, 3.8) is 0 Å². The Labute approximate surface area is 143 Å². The lowest BCUT2D eigenvalue weighted by Gasteiger charge is -2.29. The van der Waals surface area contributed by atoms with Crippen molar-refractivity contribution in [2.75, 3.05) is 19.3 Å². The summed E-state index contributed by atoms with van der Waals surface area (Å²) in [4.78, 5) is 14.7. The smallest absolute Gasteiger partial charge is 0.253 e. The first kappa shape index (κ1) is 18.2. The molecule has 23 heavy (non-hydrogen) atoms. The van der Waals surface area contributed by atoms with Crippen LogP contribution in [-0.2, 0) is 9.84 Å². The SMILES string of the molecule is CS(=O)(=O)c1cccc(C(=O)N2CC3CCCC(N)C3C2)c1.Cl. The highest BCUT2D eigenvalue weighted by Crippen LogP contribution is 2.36. The minimum absolute atomic E-state index is 0. The predicted molar refractivity (Wildman–Crippen MR) is 91.5 cm³/mol. The minimum atomic E-state index is -3.30. The van der Waals surface area contributed by atoms with Gasteiger partial charge in [-0.05, 0) is 42.9 Å². The second kappa shape index (κ2) is 6.79. The molecule has 1 aliphatic heterocycles. The standard InChI is InChI=1S/C16H22N2O3S.ClH/c1-22(20,21)13-6-2-4-11(8-13)16(19)18-9-12-5-3-7-15(17)14(12)10-18;/h2,4,6,8,12,14-15H,3,5,7,9-10,17H2,1H3;1H. The lowest BCUT2D eigenvalue weighted by molar-refractivity contribution is 0.0783. The van der Waals surface area contributed by atoms with Crippen molar-refractivity contribution < 1.29 is 13.2 Å². The average molecular weight is 359 g/mol. The average Bonchev–Trinajstić information content (AvgIpc) is 2.91. The molecular formula is C16H23ClN2O3S. The van der Waals surface area contributed by atoms with Gasteiger partial charge in [0.15, 0.2) is 9.84 Å². The number of amides is 1. The van der Waals surface area contributed by atoms with Crippen LogP contribution in [0.5, 0.6) is 0 Å². The number of nitrogens with zero attached hydrogens (tertiary/aromatic N) is 1. The van der Waals surface area contributed by atoms with Crippen molar-refractivity contribution in [2.24, 2.45) is 17.6 Å². The summed E-state index contributed by atoms with van der Waals surface area (Å²) in [5, 5.41) is 0. The fraction of sp³-hybridized carbons (Fsp3) is 0.562. The van der Waals surface area contributed by atoms with Crippen LogP contribution in [0.1, 0.15) is 29.6 Å². The number of benzene rings is 1. The number of sulfone groups is 1. The summed E-state index contributed by atoms with van der Waals surface area (Å²) in [5.41, 5.74) is 6.62. The molecule has 7 heteroatoms. The molecule has 2 N–H and O–H groups in total. The van der Waals surface area contributed by atoms with Crippen LogP contribution in [0.15, 0.2) is 29.2 Å². The highest BCUT2D eigenvalue weighted by molar-refractivity contribution is 7.90. The number of carbonyl (C=O) groups is 1. The number of nitrogens with two attached hydrogens (primary N) is 1. The van der Waals surface area contributed by atoms with Gasteiger partial charge in [0.05, 0.1) is 4.90 Å². The van der Waals surface area contributed by atoms with Crippen LogP contribution in [0, 0.1) is 11.8 Å². The van der Waals surface area contributed by atoms with E-state index in [2.05, 4.69) is 0 Å². The van der Waals surface area contributed by atoms with E-state index in [0.717, 1.165) is 32.1 Å². The van der Waals surface area contributed by atoms with E-state index in [9.17, 15) is 13.2 Å². The molecule has 3 rings (SSSR count). The van der Waals surface area contributed by atoms with Gasteiger partial charge in [0.2, 0.25) is 0 Å². The lowest BCUT2D eigenvalue weighted by atomic mass is 9.78. The molecule has 1 aliphatic carbocycles. The summed E-state index contributed by atoms with van der Waals surface area (Å²) in [6, 6.07) is 6.47. The van der Waals surface area contributed by atoms with Crippen LogP contribution in [0.25, 0.3) is 0 Å². The Morgan fingerprint density at radius 1 is 1.26 bits per heavy atom. The topological polar surface area (TPSA) is 80.5 Å². The molecule has 0 spiro atoms. The van der Waals surface area contributed by atoms with Gasteiger partial charge in [-0.2, -0.15) is 0 Å². The van der Waals surface area contributed by atoms with Gasteiger partial charge in [0.25, 0.3) is 5.91 Å². The zero-order valence-corrected chi connectivity index (χ0v) is 14.8. The van der Waals surface area contributed by atoms with Gasteiger partial charge < -0.3 is 10.6 Å². The molecule has 0 aromatic heterocycles. The monoisotopic (exact) mass is 358 g/mol. The summed E-state index contributed by atoms with van der Waals surface area (Å²) in [7, 11) is -3.30. The van der Waals surface area contributed by atoms with E-state index in [4.69, 9.17) is 5.73 Å². The number of hydrogen-bond acceptors (Lipinski definition) is 4. The van der Waals surface area contributed by atoms with E-state index >= 15 is 0 Å². The molecular weight excluding hydrogens is 336 g/mol. The van der Waals surface area contributed by atoms with E-state index < -0.39 is 9.84 Å². The fourth-order valence-corrected chi connectivity index (χ4v) is 4.39. The fourth-order valence-electron chi connectivity index (χ4n) is 3.72. The van der Waals surface area contributed by atoms with Crippen LogP contribution in [0.3, 0.4) is 0 Å². The molecule has 1 heterocycles. The Bertz CT molecular complexity index is 692. The minimum Gasteiger partial charge on any atom is -0.338 e. The zero-order valence-electron chi connectivity index (χ0n) is 13.1. The second-order valence-electron chi connectivity index (χ2n) is 6.53. The molecule has 3 atom stereocenters. The quantitative estimate of drug-likeness (QED) is 0.872. The van der Waals surface area contributed by atoms with E-state index in [0.29, 0.717) is 23.9 Å². The van der Waals surface area contributed by atoms with Gasteiger partial charge >= 0.3 is 0 Å². The van der Waals surface area contributed by atoms with E-state index in [1.165, 1.54) is 12.1 Å². The van der Waals surface area contributed by atoms with Crippen molar-refractivity contribution >= 4 is 28.2 Å². The van der Waals surface area contributed by atoms with Crippen LogP contribution in [0.2, 0.25) is 0 Å². The van der Waals surface area contributed by atoms with Gasteiger partial charge in [0, 0.05) is 31.0 Å². The third kappa shape index (κ3) is 3.70. The molecule has 1 aromatic carbocycles. The predicted octanol–water partition coefficient (Wildman–Crippen LogP) is 1.71. The van der Waals surface area contributed by atoms with Crippen LogP contribution in [0.4, 0.5) is 0 Å². The molecule has 3 unspecified atom stereocenters. The second-order valence-corrected chi connectivity index (χ2v) is 8.54. The maximum absolute atomic E-state index is 12.7. The molecule has 2 fully saturated rings. The van der Waals surface area contributed by atoms with Crippen LogP contribution in [-0.4, -0.2) is 44.6 Å². The third-order valence-electron chi connectivity index (χ3n) is 4.95. The van der Waals surface area contributed by atoms with Crippen molar-refractivity contribution in [3.8, 4) is 0 Å². The van der Waals surface area contributed by atoms with Crippen LogP contribution >= 0.6 is 12.4 Å². The molecule has 1 saturated carbocycles. The highest BCUT2D eigenvalue weighted by atomic mass is 35.5. The molecule has 0 bridgehead atoms. The molecule has 2 aliphatic rings. The number of halogens is 1. The van der Waals surface area contributed by atoms with Crippen molar-refractivity contribution in [1.82, 2.24) is 4.90 Å². The highest BCUT2D eigenvalue weighted by Gasteiger charge is 2.40. The van der Waals surface area contributed by atoms with E-state index in [-0.39, 0.29) is 29.3 Å². The zero-order chi connectivity index (χ0) is 15.9. The summed E-state index contributed by atoms with van der Waals surface area (Å²) < 4.78 is 23.3. The Balaban J connectivity index is 0.00000192. The number of fused-ring (bicyclic) bond motifs is 1. The largest absolute Gasteiger partial charge is 0.338 e. The van der Waals surface area contributed by atoms with Crippen molar-refractivity contribution in [3.05, 3.63) is 29.8 Å². The summed E-state index contributed by atoms with van der Waals surface area (Å²) >= 11 is 0. The van der Waals surface area contributed by atoms with Gasteiger partial charge in [-0.15, -0.1) is 12.4 Å². The number of carbonyl (C=O) groups excluding carboxylic acids is 1. The molecule has 0 radical (unpaired) electrons. The van der Waals surface area contributed by atoms with Crippen molar-refractivity contribution in [1.29, 1.82) is 0 Å². The molecule has 1 amide bonds. The van der Waals surface area contributed by atoms with Gasteiger partial charge in [-0.1, -0.05) is 12.5 Å². The third-order valence-corrected chi connectivity index (χ3v) is 6.06. The van der Waals surface area contributed by atoms with Crippen LogP contribution < -0.4 is 5.73 Å². The van der Waals surface area contributed by atoms with Gasteiger partial charge in [-0.3, -0.25) is 4.79 Å². The summed E-state index contributed by atoms with van der Waals surface area (Å²) in [6.07, 6.45) is 4.45. The molecule has 1 saturated heterocycles. The number of rotatable bonds is 2. The normalized spacial score (nSPS) is 27.2. The van der Waals surface area contributed by atoms with E-state index in [1.807, 2.05) is 4.90 Å². The van der Waals surface area contributed by atoms with Gasteiger partial charge in [-0.25, -0.2) is 8.42 Å². The molecule has 5 nitrogen and oxygen atoms in total. The molecule has 1 aromatic rings. The lowest BCUT2D eigenvalue weighted by Crippen LogP contribution is -2.38. The summed E-state index contributed by atoms with van der Waals surface area (Å²) in [6.45, 7) is 1.42. The Hall–Kier alpha value is -1.11. The maximum atomic E-state index is 12.7. The Kier molecular flexibility index (Phi) is 5.38. The Morgan fingerprint density at radius 2 is 2.00 bits per heavy atom. The van der Waals surface area contributed by atoms with E-state index in [1.54, 1.807) is 12.1 Å². The maximum Gasteiger partial charge on any atom is 0.253 e. The first-order chi connectivity index (χ1) is 10.4. The first-order valence-electron chi connectivity index (χ1n) is 7.71. The number of likely N-dealkylation sites (tertiary alicyclic amines) is 1. The summed E-state index contributed by atoms with van der Waals surface area (Å²) in [5.74, 6) is 0.786. The Morgan fingerprint density at radius 3 is 2.65 bits per heavy atom. The van der Waals surface area contributed by atoms with Crippen molar-refractivity contribution in [2.45, 2.75) is 30.2 Å². The van der Waals surface area contributed by atoms with Gasteiger partial charge in [0.1, 0.15) is 0 Å². The molecule has 128 valence electrons.